The van der Waals surface area contributed by atoms with E-state index in [1.807, 2.05) is 0 Å². The number of anilines is 1. The number of benzene rings is 1. The van der Waals surface area contributed by atoms with Crippen LogP contribution in [0.2, 0.25) is 0 Å². The zero-order valence-electron chi connectivity index (χ0n) is 11.5. The van der Waals surface area contributed by atoms with E-state index in [1.54, 1.807) is 25.1 Å². The lowest BCUT2D eigenvalue weighted by Gasteiger charge is -2.06. The monoisotopic (exact) mass is 291 g/mol. The van der Waals surface area contributed by atoms with Crippen LogP contribution in [-0.4, -0.2) is 25.6 Å². The van der Waals surface area contributed by atoms with Gasteiger partial charge < -0.3 is 19.2 Å². The van der Waals surface area contributed by atoms with E-state index in [-0.39, 0.29) is 17.9 Å². The van der Waals surface area contributed by atoms with Crippen LogP contribution in [0.1, 0.15) is 6.92 Å². The number of carbonyl (C=O) groups excluding carboxylic acids is 2. The average molecular weight is 291 g/mol. The van der Waals surface area contributed by atoms with E-state index in [4.69, 9.17) is 9.15 Å². The van der Waals surface area contributed by atoms with Crippen LogP contribution in [0.5, 0.6) is 5.75 Å². The minimum atomic E-state index is -1.07. The lowest BCUT2D eigenvalue weighted by molar-refractivity contribution is -0.152. The van der Waals surface area contributed by atoms with Crippen molar-refractivity contribution in [3.8, 4) is 5.75 Å². The van der Waals surface area contributed by atoms with Crippen molar-refractivity contribution >= 4 is 28.5 Å². The van der Waals surface area contributed by atoms with Crippen LogP contribution >= 0.6 is 0 Å². The minimum Gasteiger partial charge on any atom is -0.493 e. The smallest absolute Gasteiger partial charge is 0.397 e. The van der Waals surface area contributed by atoms with Gasteiger partial charge in [-0.05, 0) is 19.1 Å². The van der Waals surface area contributed by atoms with E-state index in [2.05, 4.69) is 10.1 Å². The fraction of sp³-hybridized carbons (Fsp3) is 0.214. The first kappa shape index (κ1) is 14.6. The molecule has 2 aromatic rings. The molecule has 0 unspecified atom stereocenters. The van der Waals surface area contributed by atoms with Crippen molar-refractivity contribution in [2.24, 2.45) is 0 Å². The van der Waals surface area contributed by atoms with E-state index in [0.717, 1.165) is 0 Å². The molecule has 1 amide bonds. The highest BCUT2D eigenvalue weighted by atomic mass is 16.5. The normalized spacial score (nSPS) is 10.2. The van der Waals surface area contributed by atoms with Gasteiger partial charge >= 0.3 is 17.5 Å². The van der Waals surface area contributed by atoms with Crippen molar-refractivity contribution in [1.29, 1.82) is 0 Å². The first-order valence-corrected chi connectivity index (χ1v) is 6.15. The first-order chi connectivity index (χ1) is 10.1. The van der Waals surface area contributed by atoms with Crippen LogP contribution in [0, 0.1) is 0 Å². The molecule has 1 heterocycles. The zero-order valence-corrected chi connectivity index (χ0v) is 11.5. The fourth-order valence-electron chi connectivity index (χ4n) is 1.74. The van der Waals surface area contributed by atoms with E-state index in [0.29, 0.717) is 11.1 Å². The number of amides is 1. The number of fused-ring (bicyclic) bond motifs is 1. The highest BCUT2D eigenvalue weighted by Gasteiger charge is 2.18. The van der Waals surface area contributed by atoms with Crippen LogP contribution in [0.3, 0.4) is 0 Å². The molecule has 0 aliphatic carbocycles. The lowest BCUT2D eigenvalue weighted by atomic mass is 10.2. The van der Waals surface area contributed by atoms with Crippen LogP contribution in [0.4, 0.5) is 5.69 Å². The third-order valence-corrected chi connectivity index (χ3v) is 2.65. The number of ether oxygens (including phenoxy) is 2. The van der Waals surface area contributed by atoms with Crippen LogP contribution in [0.15, 0.2) is 33.5 Å². The van der Waals surface area contributed by atoms with Gasteiger partial charge in [-0.25, -0.2) is 9.59 Å². The number of hydrogen-bond acceptors (Lipinski definition) is 6. The van der Waals surface area contributed by atoms with Gasteiger partial charge in [0.15, 0.2) is 11.3 Å². The standard InChI is InChI=1S/C14H13NO6/c1-3-20-14(18)12(16)15-9-7-8-5-4-6-10(19-2)11(8)21-13(9)17/h4-7H,3H2,1-2H3,(H,15,16). The lowest BCUT2D eigenvalue weighted by Crippen LogP contribution is -2.27. The highest BCUT2D eigenvalue weighted by Crippen LogP contribution is 2.25. The van der Waals surface area contributed by atoms with E-state index in [9.17, 15) is 14.4 Å². The van der Waals surface area contributed by atoms with E-state index in [1.165, 1.54) is 13.2 Å². The summed E-state index contributed by atoms with van der Waals surface area (Å²) in [4.78, 5) is 34.6. The molecule has 0 aliphatic heterocycles. The molecule has 1 aromatic heterocycles. The summed E-state index contributed by atoms with van der Waals surface area (Å²) in [5.41, 5.74) is -0.669. The van der Waals surface area contributed by atoms with Crippen molar-refractivity contribution in [2.75, 3.05) is 19.0 Å². The molecule has 7 heteroatoms. The number of carbonyl (C=O) groups is 2. The van der Waals surface area contributed by atoms with E-state index < -0.39 is 17.5 Å². The van der Waals surface area contributed by atoms with E-state index >= 15 is 0 Å². The Kier molecular flexibility index (Phi) is 4.22. The Morgan fingerprint density at radius 1 is 1.33 bits per heavy atom. The summed E-state index contributed by atoms with van der Waals surface area (Å²) in [5.74, 6) is -1.71. The maximum absolute atomic E-state index is 11.8. The van der Waals surface area contributed by atoms with Gasteiger partial charge in [-0.3, -0.25) is 4.79 Å². The molecule has 1 aromatic carbocycles. The van der Waals surface area contributed by atoms with Crippen LogP contribution in [0.25, 0.3) is 11.0 Å². The van der Waals surface area contributed by atoms with Gasteiger partial charge in [0.05, 0.1) is 13.7 Å². The molecule has 0 fully saturated rings. The Hall–Kier alpha value is -2.83. The summed E-state index contributed by atoms with van der Waals surface area (Å²) in [6.45, 7) is 1.64. The van der Waals surface area contributed by atoms with Gasteiger partial charge in [0.1, 0.15) is 5.69 Å². The minimum absolute atomic E-state index is 0.0653. The van der Waals surface area contributed by atoms with Crippen LogP contribution < -0.4 is 15.7 Å². The molecule has 1 N–H and O–H groups in total. The SMILES string of the molecule is CCOC(=O)C(=O)Nc1cc2cccc(OC)c2oc1=O. The number of esters is 1. The Bertz CT molecular complexity index is 749. The molecule has 0 saturated heterocycles. The Morgan fingerprint density at radius 3 is 2.76 bits per heavy atom. The summed E-state index contributed by atoms with van der Waals surface area (Å²) in [6, 6.07) is 6.43. The van der Waals surface area contributed by atoms with Crippen LogP contribution in [-0.2, 0) is 14.3 Å². The van der Waals surface area contributed by atoms with Gasteiger partial charge in [0.25, 0.3) is 0 Å². The second-order valence-corrected chi connectivity index (χ2v) is 4.00. The molecule has 0 spiro atoms. The Labute approximate surface area is 119 Å². The first-order valence-electron chi connectivity index (χ1n) is 6.15. The molecule has 21 heavy (non-hydrogen) atoms. The zero-order chi connectivity index (χ0) is 15.4. The topological polar surface area (TPSA) is 94.8 Å². The van der Waals surface area contributed by atoms with Crippen molar-refractivity contribution in [1.82, 2.24) is 0 Å². The summed E-state index contributed by atoms with van der Waals surface area (Å²) in [6.07, 6.45) is 0. The molecule has 0 bridgehead atoms. The molecular weight excluding hydrogens is 278 g/mol. The third-order valence-electron chi connectivity index (χ3n) is 2.65. The van der Waals surface area contributed by atoms with Crippen molar-refractivity contribution < 1.29 is 23.5 Å². The predicted octanol–water partition coefficient (Wildman–Crippen LogP) is 1.30. The van der Waals surface area contributed by atoms with Gasteiger partial charge in [0, 0.05) is 5.39 Å². The molecule has 2 rings (SSSR count). The van der Waals surface area contributed by atoms with Gasteiger partial charge in [0.2, 0.25) is 0 Å². The molecule has 0 saturated carbocycles. The number of hydrogen-bond donors (Lipinski definition) is 1. The number of methoxy groups -OCH3 is 1. The summed E-state index contributed by atoms with van der Waals surface area (Å²) in [5, 5.41) is 2.71. The quantitative estimate of drug-likeness (QED) is 0.520. The maximum atomic E-state index is 11.8. The van der Waals surface area contributed by atoms with Gasteiger partial charge in [-0.2, -0.15) is 0 Å². The number of rotatable bonds is 3. The molecule has 0 radical (unpaired) electrons. The average Bonchev–Trinajstić information content (AvgIpc) is 2.47. The van der Waals surface area contributed by atoms with Crippen molar-refractivity contribution in [2.45, 2.75) is 6.92 Å². The fourth-order valence-corrected chi connectivity index (χ4v) is 1.74. The Morgan fingerprint density at radius 2 is 2.10 bits per heavy atom. The van der Waals surface area contributed by atoms with Gasteiger partial charge in [-0.1, -0.05) is 12.1 Å². The molecule has 110 valence electrons. The highest BCUT2D eigenvalue weighted by molar-refractivity contribution is 6.37. The second-order valence-electron chi connectivity index (χ2n) is 4.00. The van der Waals surface area contributed by atoms with Crippen molar-refractivity contribution in [3.05, 3.63) is 34.7 Å². The molecular formula is C14H13NO6. The van der Waals surface area contributed by atoms with Gasteiger partial charge in [-0.15, -0.1) is 0 Å². The second kappa shape index (κ2) is 6.08. The van der Waals surface area contributed by atoms with Crippen molar-refractivity contribution in [3.63, 3.8) is 0 Å². The molecule has 7 nitrogen and oxygen atoms in total. The summed E-state index contributed by atoms with van der Waals surface area (Å²) < 4.78 is 14.7. The third kappa shape index (κ3) is 3.02. The Balaban J connectivity index is 2.38. The number of para-hydroxylation sites is 1. The molecule has 0 atom stereocenters. The summed E-state index contributed by atoms with van der Waals surface area (Å²) in [7, 11) is 1.45. The largest absolute Gasteiger partial charge is 0.493 e. The maximum Gasteiger partial charge on any atom is 0.397 e. The predicted molar refractivity (Wildman–Crippen MR) is 74.3 cm³/mol. The summed E-state index contributed by atoms with van der Waals surface area (Å²) >= 11 is 0. The number of nitrogens with one attached hydrogen (secondary N) is 1. The molecule has 0 aliphatic rings.